The molecule has 1 N–H and O–H groups in total. The van der Waals surface area contributed by atoms with Gasteiger partial charge in [-0.15, -0.1) is 0 Å². The molecular weight excluding hydrogens is 266 g/mol. The van der Waals surface area contributed by atoms with Crippen LogP contribution in [0.3, 0.4) is 0 Å². The fraction of sp³-hybridized carbons (Fsp3) is 0.538. The van der Waals surface area contributed by atoms with Gasteiger partial charge in [-0.2, -0.15) is 0 Å². The number of halogens is 1. The van der Waals surface area contributed by atoms with Crippen molar-refractivity contribution in [1.29, 1.82) is 0 Å². The normalized spacial score (nSPS) is 13.1. The first-order chi connectivity index (χ1) is 7.63. The Labute approximate surface area is 106 Å². The summed E-state index contributed by atoms with van der Waals surface area (Å²) in [6.45, 7) is 4.19. The molecule has 0 aliphatic heterocycles. The van der Waals surface area contributed by atoms with Crippen molar-refractivity contribution in [2.75, 3.05) is 20.1 Å². The number of nitrogens with zero attached hydrogens (tertiary/aromatic N) is 1. The lowest BCUT2D eigenvalue weighted by Gasteiger charge is -2.18. The van der Waals surface area contributed by atoms with E-state index in [0.717, 1.165) is 36.0 Å². The summed E-state index contributed by atoms with van der Waals surface area (Å²) in [6, 6.07) is 7.87. The van der Waals surface area contributed by atoms with Crippen LogP contribution in [0.4, 0.5) is 0 Å². The lowest BCUT2D eigenvalue weighted by atomic mass is 10.1. The predicted molar refractivity (Wildman–Crippen MR) is 71.5 cm³/mol. The largest absolute Gasteiger partial charge is 0.388 e. The molecule has 0 fully saturated rings. The summed E-state index contributed by atoms with van der Waals surface area (Å²) in [5.41, 5.74) is 0.994. The van der Waals surface area contributed by atoms with E-state index in [1.54, 1.807) is 0 Å². The molecule has 0 saturated carbocycles. The summed E-state index contributed by atoms with van der Waals surface area (Å²) < 4.78 is 1.05. The third-order valence-electron chi connectivity index (χ3n) is 2.64. The van der Waals surface area contributed by atoms with Crippen LogP contribution in [-0.2, 0) is 0 Å². The number of aliphatic hydroxyl groups is 1. The molecule has 0 heterocycles. The molecule has 2 nitrogen and oxygen atoms in total. The van der Waals surface area contributed by atoms with E-state index in [4.69, 9.17) is 0 Å². The van der Waals surface area contributed by atoms with Crippen LogP contribution in [0, 0.1) is 0 Å². The van der Waals surface area contributed by atoms with Crippen LogP contribution >= 0.6 is 15.9 Å². The average Bonchev–Trinajstić information content (AvgIpc) is 2.27. The molecule has 0 aromatic heterocycles. The summed E-state index contributed by atoms with van der Waals surface area (Å²) in [7, 11) is 2.10. The van der Waals surface area contributed by atoms with Crippen molar-refractivity contribution >= 4 is 15.9 Å². The fourth-order valence-electron chi connectivity index (χ4n) is 1.69. The Morgan fingerprint density at radius 3 is 2.44 bits per heavy atom. The number of hydrogen-bond acceptors (Lipinski definition) is 2. The van der Waals surface area contributed by atoms with E-state index >= 15 is 0 Å². The van der Waals surface area contributed by atoms with Gasteiger partial charge in [0.15, 0.2) is 0 Å². The third kappa shape index (κ3) is 4.64. The number of benzene rings is 1. The Morgan fingerprint density at radius 1 is 1.25 bits per heavy atom. The van der Waals surface area contributed by atoms with Crippen LogP contribution in [0.1, 0.15) is 31.4 Å². The van der Waals surface area contributed by atoms with Crippen LogP contribution in [0.25, 0.3) is 0 Å². The molecule has 0 aliphatic rings. The van der Waals surface area contributed by atoms with E-state index in [1.807, 2.05) is 24.3 Å². The van der Waals surface area contributed by atoms with Gasteiger partial charge in [0, 0.05) is 11.0 Å². The second-order valence-electron chi connectivity index (χ2n) is 4.16. The van der Waals surface area contributed by atoms with Gasteiger partial charge in [-0.25, -0.2) is 0 Å². The zero-order valence-electron chi connectivity index (χ0n) is 9.99. The molecule has 1 rings (SSSR count). The number of hydrogen-bond donors (Lipinski definition) is 1. The highest BCUT2D eigenvalue weighted by Crippen LogP contribution is 2.19. The van der Waals surface area contributed by atoms with E-state index in [2.05, 4.69) is 34.8 Å². The quantitative estimate of drug-likeness (QED) is 0.868. The topological polar surface area (TPSA) is 23.5 Å². The van der Waals surface area contributed by atoms with Crippen molar-refractivity contribution in [3.05, 3.63) is 34.3 Å². The minimum absolute atomic E-state index is 0.354. The van der Waals surface area contributed by atoms with Crippen molar-refractivity contribution in [3.63, 3.8) is 0 Å². The summed E-state index contributed by atoms with van der Waals surface area (Å²) in [5, 5.41) is 9.99. The minimum atomic E-state index is -0.354. The van der Waals surface area contributed by atoms with Gasteiger partial charge < -0.3 is 10.0 Å². The van der Waals surface area contributed by atoms with Crippen molar-refractivity contribution in [3.8, 4) is 0 Å². The molecule has 0 saturated heterocycles. The zero-order valence-corrected chi connectivity index (χ0v) is 11.6. The van der Waals surface area contributed by atoms with Crippen molar-refractivity contribution in [2.45, 2.75) is 25.9 Å². The molecule has 1 aromatic rings. The fourth-order valence-corrected chi connectivity index (χ4v) is 1.95. The molecule has 3 heteroatoms. The zero-order chi connectivity index (χ0) is 12.0. The highest BCUT2D eigenvalue weighted by molar-refractivity contribution is 9.10. The first kappa shape index (κ1) is 13.7. The molecule has 0 amide bonds. The van der Waals surface area contributed by atoms with Crippen molar-refractivity contribution < 1.29 is 5.11 Å². The van der Waals surface area contributed by atoms with E-state index in [-0.39, 0.29) is 6.10 Å². The van der Waals surface area contributed by atoms with Crippen LogP contribution in [0.2, 0.25) is 0 Å². The summed E-state index contributed by atoms with van der Waals surface area (Å²) in [4.78, 5) is 2.25. The van der Waals surface area contributed by atoms with Gasteiger partial charge in [-0.3, -0.25) is 0 Å². The molecule has 90 valence electrons. The Balaban J connectivity index is 2.40. The van der Waals surface area contributed by atoms with Gasteiger partial charge in [0.05, 0.1) is 6.10 Å². The second kappa shape index (κ2) is 7.05. The Bertz CT molecular complexity index is 299. The first-order valence-electron chi connectivity index (χ1n) is 5.75. The second-order valence-corrected chi connectivity index (χ2v) is 5.07. The molecule has 0 spiro atoms. The predicted octanol–water partition coefficient (Wildman–Crippen LogP) is 3.21. The standard InChI is InChI=1S/C13H20BrNO/c1-3-9-15(2)10-8-13(16)11-4-6-12(14)7-5-11/h4-7,13,16H,3,8-10H2,1-2H3. The van der Waals surface area contributed by atoms with Crippen LogP contribution in [-0.4, -0.2) is 30.1 Å². The summed E-state index contributed by atoms with van der Waals surface area (Å²) >= 11 is 3.39. The SMILES string of the molecule is CCCN(C)CCC(O)c1ccc(Br)cc1. The maximum absolute atomic E-state index is 9.99. The van der Waals surface area contributed by atoms with E-state index < -0.39 is 0 Å². The van der Waals surface area contributed by atoms with Crippen LogP contribution in [0.15, 0.2) is 28.7 Å². The maximum atomic E-state index is 9.99. The van der Waals surface area contributed by atoms with E-state index in [9.17, 15) is 5.11 Å². The van der Waals surface area contributed by atoms with Gasteiger partial charge in [-0.05, 0) is 44.1 Å². The molecule has 0 bridgehead atoms. The molecule has 16 heavy (non-hydrogen) atoms. The van der Waals surface area contributed by atoms with Gasteiger partial charge >= 0.3 is 0 Å². The van der Waals surface area contributed by atoms with Crippen LogP contribution in [0.5, 0.6) is 0 Å². The molecule has 0 aliphatic carbocycles. The molecular formula is C13H20BrNO. The van der Waals surface area contributed by atoms with Crippen molar-refractivity contribution in [2.24, 2.45) is 0 Å². The Kier molecular flexibility index (Phi) is 6.03. The van der Waals surface area contributed by atoms with E-state index in [1.165, 1.54) is 0 Å². The van der Waals surface area contributed by atoms with Gasteiger partial charge in [-0.1, -0.05) is 35.0 Å². The summed E-state index contributed by atoms with van der Waals surface area (Å²) in [6.07, 6.45) is 1.59. The molecule has 1 unspecified atom stereocenters. The lowest BCUT2D eigenvalue weighted by Crippen LogP contribution is -2.22. The van der Waals surface area contributed by atoms with Crippen LogP contribution < -0.4 is 0 Å². The molecule has 1 atom stereocenters. The smallest absolute Gasteiger partial charge is 0.0802 e. The molecule has 1 aromatic carbocycles. The van der Waals surface area contributed by atoms with Gasteiger partial charge in [0.2, 0.25) is 0 Å². The maximum Gasteiger partial charge on any atom is 0.0802 e. The number of rotatable bonds is 6. The van der Waals surface area contributed by atoms with Crippen molar-refractivity contribution in [1.82, 2.24) is 4.90 Å². The monoisotopic (exact) mass is 285 g/mol. The van der Waals surface area contributed by atoms with E-state index in [0.29, 0.717) is 0 Å². The van der Waals surface area contributed by atoms with Gasteiger partial charge in [0.25, 0.3) is 0 Å². The third-order valence-corrected chi connectivity index (χ3v) is 3.17. The molecule has 0 radical (unpaired) electrons. The summed E-state index contributed by atoms with van der Waals surface area (Å²) in [5.74, 6) is 0. The highest BCUT2D eigenvalue weighted by Gasteiger charge is 2.08. The highest BCUT2D eigenvalue weighted by atomic mass is 79.9. The Morgan fingerprint density at radius 2 is 1.88 bits per heavy atom. The first-order valence-corrected chi connectivity index (χ1v) is 6.55. The average molecular weight is 286 g/mol. The Hall–Kier alpha value is -0.380. The number of aliphatic hydroxyl groups excluding tert-OH is 1. The van der Waals surface area contributed by atoms with Gasteiger partial charge in [0.1, 0.15) is 0 Å². The minimum Gasteiger partial charge on any atom is -0.388 e. The lowest BCUT2D eigenvalue weighted by molar-refractivity contribution is 0.149.